The van der Waals surface area contributed by atoms with E-state index in [1.54, 1.807) is 0 Å². The summed E-state index contributed by atoms with van der Waals surface area (Å²) in [7, 11) is -4.30. The third kappa shape index (κ3) is 2.58. The standard InChI is InChI=1S/C13H9F2N3O3S/c14-7-1-3-9(15)12(5-7)22(20,21)18-8-2-4-10-11(6-8)17-13(19)16-10/h1-6,18H,(H2,16,17,19). The molecule has 0 fully saturated rings. The van der Waals surface area contributed by atoms with E-state index in [1.807, 2.05) is 0 Å². The third-order valence-electron chi connectivity index (χ3n) is 2.95. The van der Waals surface area contributed by atoms with Crippen LogP contribution in [-0.2, 0) is 10.0 Å². The van der Waals surface area contributed by atoms with E-state index >= 15 is 0 Å². The molecule has 0 bridgehead atoms. The van der Waals surface area contributed by atoms with E-state index in [0.29, 0.717) is 17.1 Å². The highest BCUT2D eigenvalue weighted by Crippen LogP contribution is 2.21. The van der Waals surface area contributed by atoms with Gasteiger partial charge in [0.15, 0.2) is 0 Å². The quantitative estimate of drug-likeness (QED) is 0.687. The van der Waals surface area contributed by atoms with Crippen molar-refractivity contribution in [2.75, 3.05) is 4.72 Å². The number of rotatable bonds is 3. The smallest absolute Gasteiger partial charge is 0.306 e. The molecule has 114 valence electrons. The number of imidazole rings is 1. The molecule has 2 aromatic carbocycles. The lowest BCUT2D eigenvalue weighted by Gasteiger charge is -2.09. The zero-order valence-electron chi connectivity index (χ0n) is 10.9. The van der Waals surface area contributed by atoms with Crippen LogP contribution in [0.2, 0.25) is 0 Å². The summed E-state index contributed by atoms with van der Waals surface area (Å²) in [5.41, 5.74) is 0.535. The molecule has 1 heterocycles. The van der Waals surface area contributed by atoms with Gasteiger partial charge in [-0.05, 0) is 36.4 Å². The number of hydrogen-bond acceptors (Lipinski definition) is 3. The number of aromatic amines is 2. The largest absolute Gasteiger partial charge is 0.323 e. The van der Waals surface area contributed by atoms with Crippen LogP contribution < -0.4 is 10.4 Å². The van der Waals surface area contributed by atoms with E-state index < -0.39 is 32.2 Å². The van der Waals surface area contributed by atoms with Crippen LogP contribution in [0, 0.1) is 11.6 Å². The normalized spacial score (nSPS) is 11.7. The molecule has 0 aliphatic rings. The van der Waals surface area contributed by atoms with E-state index in [4.69, 9.17) is 0 Å². The van der Waals surface area contributed by atoms with Crippen molar-refractivity contribution in [3.05, 3.63) is 58.5 Å². The van der Waals surface area contributed by atoms with Gasteiger partial charge in [-0.1, -0.05) is 0 Å². The van der Waals surface area contributed by atoms with Gasteiger partial charge in [-0.25, -0.2) is 22.0 Å². The summed E-state index contributed by atoms with van der Waals surface area (Å²) in [5, 5.41) is 0. The van der Waals surface area contributed by atoms with Crippen LogP contribution in [-0.4, -0.2) is 18.4 Å². The Balaban J connectivity index is 2.02. The van der Waals surface area contributed by atoms with Crippen LogP contribution in [0.5, 0.6) is 0 Å². The fraction of sp³-hybridized carbons (Fsp3) is 0. The summed E-state index contributed by atoms with van der Waals surface area (Å²) >= 11 is 0. The topological polar surface area (TPSA) is 94.8 Å². The van der Waals surface area contributed by atoms with Crippen molar-refractivity contribution in [3.8, 4) is 0 Å². The summed E-state index contributed by atoms with van der Waals surface area (Å²) < 4.78 is 53.1. The molecule has 0 saturated heterocycles. The van der Waals surface area contributed by atoms with Crippen LogP contribution in [0.15, 0.2) is 46.1 Å². The maximum absolute atomic E-state index is 13.6. The highest BCUT2D eigenvalue weighted by atomic mass is 32.2. The van der Waals surface area contributed by atoms with Gasteiger partial charge in [0.2, 0.25) is 0 Å². The number of aromatic nitrogens is 2. The van der Waals surface area contributed by atoms with Crippen LogP contribution >= 0.6 is 0 Å². The molecule has 1 aromatic heterocycles. The van der Waals surface area contributed by atoms with Gasteiger partial charge in [-0.2, -0.15) is 0 Å². The zero-order chi connectivity index (χ0) is 15.9. The minimum atomic E-state index is -4.30. The van der Waals surface area contributed by atoms with Gasteiger partial charge >= 0.3 is 5.69 Å². The Kier molecular flexibility index (Phi) is 3.21. The molecule has 0 saturated carbocycles. The molecule has 0 atom stereocenters. The van der Waals surface area contributed by atoms with E-state index in [-0.39, 0.29) is 5.69 Å². The van der Waals surface area contributed by atoms with Crippen LogP contribution in [0.3, 0.4) is 0 Å². The molecule has 3 aromatic rings. The van der Waals surface area contributed by atoms with E-state index in [9.17, 15) is 22.0 Å². The predicted octanol–water partition coefficient (Wildman–Crippen LogP) is 1.94. The molecule has 0 aliphatic heterocycles. The van der Waals surface area contributed by atoms with Crippen molar-refractivity contribution in [3.63, 3.8) is 0 Å². The molecule has 0 unspecified atom stereocenters. The number of hydrogen-bond donors (Lipinski definition) is 3. The van der Waals surface area contributed by atoms with Crippen LogP contribution in [0.4, 0.5) is 14.5 Å². The Hall–Kier alpha value is -2.68. The van der Waals surface area contributed by atoms with E-state index in [2.05, 4.69) is 14.7 Å². The second-order valence-corrected chi connectivity index (χ2v) is 6.17. The Morgan fingerprint density at radius 1 is 0.955 bits per heavy atom. The molecule has 9 heteroatoms. The predicted molar refractivity (Wildman–Crippen MR) is 76.1 cm³/mol. The lowest BCUT2D eigenvalue weighted by molar-refractivity contribution is 0.555. The molecular formula is C13H9F2N3O3S. The average molecular weight is 325 g/mol. The van der Waals surface area contributed by atoms with Crippen molar-refractivity contribution in [1.82, 2.24) is 9.97 Å². The lowest BCUT2D eigenvalue weighted by atomic mass is 10.3. The van der Waals surface area contributed by atoms with Gasteiger partial charge in [0.05, 0.1) is 16.7 Å². The Morgan fingerprint density at radius 3 is 2.45 bits per heavy atom. The van der Waals surface area contributed by atoms with Gasteiger partial charge in [0, 0.05) is 0 Å². The second kappa shape index (κ2) is 4.95. The summed E-state index contributed by atoms with van der Waals surface area (Å²) in [6, 6.07) is 6.38. The fourth-order valence-electron chi connectivity index (χ4n) is 1.99. The maximum Gasteiger partial charge on any atom is 0.323 e. The van der Waals surface area contributed by atoms with Gasteiger partial charge in [-0.3, -0.25) is 4.72 Å². The summed E-state index contributed by atoms with van der Waals surface area (Å²) in [4.78, 5) is 15.3. The number of benzene rings is 2. The Bertz CT molecular complexity index is 1020. The van der Waals surface area contributed by atoms with Gasteiger partial charge in [-0.15, -0.1) is 0 Å². The second-order valence-electron chi connectivity index (χ2n) is 4.52. The van der Waals surface area contributed by atoms with Gasteiger partial charge in [0.25, 0.3) is 10.0 Å². The summed E-state index contributed by atoms with van der Waals surface area (Å²) in [5.74, 6) is -1.93. The SMILES string of the molecule is O=c1[nH]c2ccc(NS(=O)(=O)c3cc(F)ccc3F)cc2[nH]1. The first-order valence-corrected chi connectivity index (χ1v) is 7.53. The maximum atomic E-state index is 13.6. The molecule has 6 nitrogen and oxygen atoms in total. The molecule has 3 N–H and O–H groups in total. The van der Waals surface area contributed by atoms with E-state index in [0.717, 1.165) is 12.1 Å². The minimum absolute atomic E-state index is 0.103. The van der Waals surface area contributed by atoms with Crippen molar-refractivity contribution in [1.29, 1.82) is 0 Å². The number of anilines is 1. The Labute approximate surface area is 122 Å². The van der Waals surface area contributed by atoms with Crippen LogP contribution in [0.1, 0.15) is 0 Å². The van der Waals surface area contributed by atoms with Crippen LogP contribution in [0.25, 0.3) is 11.0 Å². The molecule has 0 aliphatic carbocycles. The van der Waals surface area contributed by atoms with Crippen molar-refractivity contribution in [2.24, 2.45) is 0 Å². The number of sulfonamides is 1. The number of fused-ring (bicyclic) bond motifs is 1. The number of nitrogens with one attached hydrogen (secondary N) is 3. The third-order valence-corrected chi connectivity index (χ3v) is 4.35. The monoisotopic (exact) mass is 325 g/mol. The molecular weight excluding hydrogens is 316 g/mol. The number of H-pyrrole nitrogens is 2. The zero-order valence-corrected chi connectivity index (χ0v) is 11.7. The molecule has 0 radical (unpaired) electrons. The average Bonchev–Trinajstić information content (AvgIpc) is 2.80. The lowest BCUT2D eigenvalue weighted by Crippen LogP contribution is -2.14. The van der Waals surface area contributed by atoms with Crippen molar-refractivity contribution in [2.45, 2.75) is 4.90 Å². The highest BCUT2D eigenvalue weighted by molar-refractivity contribution is 7.92. The van der Waals surface area contributed by atoms with E-state index in [1.165, 1.54) is 18.2 Å². The number of halogens is 2. The van der Waals surface area contributed by atoms with Crippen molar-refractivity contribution >= 4 is 26.7 Å². The van der Waals surface area contributed by atoms with Gasteiger partial charge in [0.1, 0.15) is 16.5 Å². The fourth-order valence-corrected chi connectivity index (χ4v) is 3.13. The first-order valence-electron chi connectivity index (χ1n) is 6.05. The minimum Gasteiger partial charge on any atom is -0.306 e. The first-order chi connectivity index (χ1) is 10.3. The molecule has 3 rings (SSSR count). The molecule has 0 spiro atoms. The molecule has 0 amide bonds. The Morgan fingerprint density at radius 2 is 1.68 bits per heavy atom. The van der Waals surface area contributed by atoms with Crippen molar-refractivity contribution < 1.29 is 17.2 Å². The first kappa shape index (κ1) is 14.3. The summed E-state index contributed by atoms with van der Waals surface area (Å²) in [6.07, 6.45) is 0. The highest BCUT2D eigenvalue weighted by Gasteiger charge is 2.20. The van der Waals surface area contributed by atoms with Gasteiger partial charge < -0.3 is 9.97 Å². The summed E-state index contributed by atoms with van der Waals surface area (Å²) in [6.45, 7) is 0. The molecule has 22 heavy (non-hydrogen) atoms.